The number of nitrogens with two attached hydrogens (primary N) is 1. The first-order chi connectivity index (χ1) is 7.29. The van der Waals surface area contributed by atoms with Gasteiger partial charge in [0, 0.05) is 0 Å². The van der Waals surface area contributed by atoms with Crippen molar-refractivity contribution in [2.45, 2.75) is 43.4 Å². The van der Waals surface area contributed by atoms with E-state index in [1.807, 2.05) is 4.72 Å². The van der Waals surface area contributed by atoms with Crippen molar-refractivity contribution >= 4 is 15.9 Å². The number of carbonyl (C=O) groups excluding carboxylic acids is 1. The Labute approximate surface area is 96.1 Å². The number of amides is 1. The summed E-state index contributed by atoms with van der Waals surface area (Å²) >= 11 is 0. The molecule has 0 heterocycles. The number of allylic oxidation sites excluding steroid dienone is 1. The lowest BCUT2D eigenvalue weighted by Gasteiger charge is -2.22. The minimum absolute atomic E-state index is 0.377. The summed E-state index contributed by atoms with van der Waals surface area (Å²) in [5.41, 5.74) is 4.58. The van der Waals surface area contributed by atoms with Crippen LogP contribution in [0.5, 0.6) is 0 Å². The molecule has 6 heteroatoms. The van der Waals surface area contributed by atoms with Crippen LogP contribution in [-0.2, 0) is 14.8 Å². The summed E-state index contributed by atoms with van der Waals surface area (Å²) in [6.45, 7) is 5.05. The van der Waals surface area contributed by atoms with Crippen molar-refractivity contribution < 1.29 is 13.2 Å². The molecule has 0 aromatic carbocycles. The molecule has 0 unspecified atom stereocenters. The summed E-state index contributed by atoms with van der Waals surface area (Å²) in [7, 11) is -3.50. The van der Waals surface area contributed by atoms with Crippen LogP contribution in [0.25, 0.3) is 0 Å². The SMILES string of the molecule is C=CCC[C@](C)(N)C(=O)NS(=O)(=O)C1CC1. The van der Waals surface area contributed by atoms with E-state index in [2.05, 4.69) is 6.58 Å². The second-order valence-corrected chi connectivity index (χ2v) is 6.38. The van der Waals surface area contributed by atoms with E-state index in [-0.39, 0.29) is 0 Å². The Morgan fingerprint density at radius 2 is 2.19 bits per heavy atom. The van der Waals surface area contributed by atoms with Gasteiger partial charge in [0.15, 0.2) is 0 Å². The van der Waals surface area contributed by atoms with E-state index in [9.17, 15) is 13.2 Å². The third-order valence-corrected chi connectivity index (χ3v) is 4.40. The highest BCUT2D eigenvalue weighted by molar-refractivity contribution is 7.90. The van der Waals surface area contributed by atoms with Gasteiger partial charge in [-0.2, -0.15) is 0 Å². The highest BCUT2D eigenvalue weighted by Gasteiger charge is 2.39. The van der Waals surface area contributed by atoms with Crippen molar-refractivity contribution in [2.24, 2.45) is 5.73 Å². The third-order valence-electron chi connectivity index (χ3n) is 2.58. The maximum Gasteiger partial charge on any atom is 0.253 e. The maximum absolute atomic E-state index is 11.7. The average Bonchev–Trinajstić information content (AvgIpc) is 2.97. The van der Waals surface area contributed by atoms with Gasteiger partial charge in [0.05, 0.1) is 10.8 Å². The summed E-state index contributed by atoms with van der Waals surface area (Å²) < 4.78 is 25.1. The van der Waals surface area contributed by atoms with Crippen LogP contribution < -0.4 is 10.5 Å². The molecular formula is C10H18N2O3S. The van der Waals surface area contributed by atoms with Crippen molar-refractivity contribution in [3.63, 3.8) is 0 Å². The van der Waals surface area contributed by atoms with Crippen LogP contribution >= 0.6 is 0 Å². The molecule has 1 amide bonds. The van der Waals surface area contributed by atoms with Gasteiger partial charge in [-0.25, -0.2) is 8.42 Å². The summed E-state index contributed by atoms with van der Waals surface area (Å²) in [6.07, 6.45) is 3.84. The zero-order valence-electron chi connectivity index (χ0n) is 9.40. The lowest BCUT2D eigenvalue weighted by atomic mass is 9.97. The molecule has 1 atom stereocenters. The Kier molecular flexibility index (Phi) is 3.75. The van der Waals surface area contributed by atoms with Gasteiger partial charge in [0.2, 0.25) is 10.0 Å². The summed E-state index contributed by atoms with van der Waals surface area (Å²) in [5.74, 6) is -0.638. The third kappa shape index (κ3) is 3.31. The minimum Gasteiger partial charge on any atom is -0.318 e. The minimum atomic E-state index is -3.50. The highest BCUT2D eigenvalue weighted by atomic mass is 32.2. The average molecular weight is 246 g/mol. The Morgan fingerprint density at radius 1 is 1.62 bits per heavy atom. The second kappa shape index (κ2) is 4.55. The second-order valence-electron chi connectivity index (χ2n) is 4.42. The van der Waals surface area contributed by atoms with Crippen LogP contribution in [0.15, 0.2) is 12.7 Å². The van der Waals surface area contributed by atoms with Gasteiger partial charge in [-0.3, -0.25) is 9.52 Å². The van der Waals surface area contributed by atoms with Gasteiger partial charge in [-0.05, 0) is 32.6 Å². The molecule has 0 saturated heterocycles. The molecule has 0 aromatic heterocycles. The number of hydrogen-bond acceptors (Lipinski definition) is 4. The topological polar surface area (TPSA) is 89.3 Å². The molecule has 1 aliphatic rings. The van der Waals surface area contributed by atoms with Gasteiger partial charge >= 0.3 is 0 Å². The van der Waals surface area contributed by atoms with Crippen LogP contribution in [0.1, 0.15) is 32.6 Å². The van der Waals surface area contributed by atoms with Gasteiger partial charge < -0.3 is 5.73 Å². The van der Waals surface area contributed by atoms with E-state index < -0.39 is 26.7 Å². The van der Waals surface area contributed by atoms with Crippen LogP contribution in [-0.4, -0.2) is 25.1 Å². The van der Waals surface area contributed by atoms with Gasteiger partial charge in [0.25, 0.3) is 5.91 Å². The molecule has 0 bridgehead atoms. The summed E-state index contributed by atoms with van der Waals surface area (Å²) in [5, 5.41) is -0.411. The van der Waals surface area contributed by atoms with Crippen molar-refractivity contribution in [2.75, 3.05) is 0 Å². The first kappa shape index (κ1) is 13.2. The molecule has 0 radical (unpaired) electrons. The van der Waals surface area contributed by atoms with E-state index in [1.165, 1.54) is 6.92 Å². The molecule has 1 saturated carbocycles. The molecular weight excluding hydrogens is 228 g/mol. The monoisotopic (exact) mass is 246 g/mol. The van der Waals surface area contributed by atoms with Gasteiger partial charge in [-0.1, -0.05) is 6.08 Å². The van der Waals surface area contributed by atoms with E-state index in [4.69, 9.17) is 5.73 Å². The van der Waals surface area contributed by atoms with E-state index in [0.717, 1.165) is 0 Å². The predicted octanol–water partition coefficient (Wildman–Crippen LogP) is 0.278. The molecule has 1 rings (SSSR count). The fraction of sp³-hybridized carbons (Fsp3) is 0.700. The highest BCUT2D eigenvalue weighted by Crippen LogP contribution is 2.27. The van der Waals surface area contributed by atoms with Crippen LogP contribution in [0.3, 0.4) is 0 Å². The fourth-order valence-electron chi connectivity index (χ4n) is 1.22. The summed E-state index contributed by atoms with van der Waals surface area (Å²) in [4.78, 5) is 11.7. The lowest BCUT2D eigenvalue weighted by molar-refractivity contribution is -0.124. The van der Waals surface area contributed by atoms with Crippen LogP contribution in [0.2, 0.25) is 0 Å². The fourth-order valence-corrected chi connectivity index (χ4v) is 2.64. The maximum atomic E-state index is 11.7. The van der Waals surface area contributed by atoms with Crippen molar-refractivity contribution in [3.05, 3.63) is 12.7 Å². The van der Waals surface area contributed by atoms with Crippen molar-refractivity contribution in [3.8, 4) is 0 Å². The predicted molar refractivity (Wildman–Crippen MR) is 62.1 cm³/mol. The lowest BCUT2D eigenvalue weighted by Crippen LogP contribution is -2.53. The molecule has 1 aliphatic carbocycles. The first-order valence-corrected chi connectivity index (χ1v) is 6.80. The molecule has 92 valence electrons. The standard InChI is InChI=1S/C10H18N2O3S/c1-3-4-7-10(2,11)9(13)12-16(14,15)8-5-6-8/h3,8H,1,4-7,11H2,2H3,(H,12,13)/t10-/m0/s1. The van der Waals surface area contributed by atoms with Gasteiger partial charge in [0.1, 0.15) is 0 Å². The molecule has 0 spiro atoms. The number of rotatable bonds is 6. The largest absolute Gasteiger partial charge is 0.318 e. The smallest absolute Gasteiger partial charge is 0.253 e. The zero-order valence-corrected chi connectivity index (χ0v) is 10.2. The number of sulfonamides is 1. The number of hydrogen-bond donors (Lipinski definition) is 2. The number of carbonyl (C=O) groups is 1. The Morgan fingerprint density at radius 3 is 2.62 bits per heavy atom. The normalized spacial score (nSPS) is 19.9. The first-order valence-electron chi connectivity index (χ1n) is 5.25. The Bertz CT molecular complexity index is 383. The molecule has 5 nitrogen and oxygen atoms in total. The molecule has 1 fully saturated rings. The van der Waals surface area contributed by atoms with E-state index in [1.54, 1.807) is 6.08 Å². The molecule has 3 N–H and O–H groups in total. The number of nitrogens with one attached hydrogen (secondary N) is 1. The Hall–Kier alpha value is -0.880. The molecule has 0 aliphatic heterocycles. The van der Waals surface area contributed by atoms with E-state index in [0.29, 0.717) is 25.7 Å². The summed E-state index contributed by atoms with van der Waals surface area (Å²) in [6, 6.07) is 0. The van der Waals surface area contributed by atoms with Crippen molar-refractivity contribution in [1.82, 2.24) is 4.72 Å². The molecule has 16 heavy (non-hydrogen) atoms. The van der Waals surface area contributed by atoms with Crippen LogP contribution in [0.4, 0.5) is 0 Å². The zero-order chi connectivity index (χ0) is 12.4. The Balaban J connectivity index is 2.59. The van der Waals surface area contributed by atoms with Crippen LogP contribution in [0, 0.1) is 0 Å². The van der Waals surface area contributed by atoms with Gasteiger partial charge in [-0.15, -0.1) is 6.58 Å². The quantitative estimate of drug-likeness (QED) is 0.659. The van der Waals surface area contributed by atoms with Crippen molar-refractivity contribution in [1.29, 1.82) is 0 Å². The van der Waals surface area contributed by atoms with E-state index >= 15 is 0 Å². The molecule has 0 aromatic rings.